The second-order valence-electron chi connectivity index (χ2n) is 6.03. The van der Waals surface area contributed by atoms with Gasteiger partial charge < -0.3 is 19.2 Å². The molecule has 0 spiro atoms. The number of nitrogens with one attached hydrogen (secondary N) is 1. The van der Waals surface area contributed by atoms with Crippen LogP contribution in [0.4, 0.5) is 5.69 Å². The minimum absolute atomic E-state index is 0.161. The zero-order valence-corrected chi connectivity index (χ0v) is 15.3. The van der Waals surface area contributed by atoms with Crippen LogP contribution < -0.4 is 10.1 Å². The number of ether oxygens (including phenoxy) is 2. The lowest BCUT2D eigenvalue weighted by Gasteiger charge is -2.17. The van der Waals surface area contributed by atoms with E-state index in [0.29, 0.717) is 23.1 Å². The molecule has 7 heteroatoms. The summed E-state index contributed by atoms with van der Waals surface area (Å²) in [5, 5.41) is 4.05. The van der Waals surface area contributed by atoms with Crippen molar-refractivity contribution in [2.75, 3.05) is 11.9 Å². The van der Waals surface area contributed by atoms with Gasteiger partial charge in [0.05, 0.1) is 18.3 Å². The van der Waals surface area contributed by atoms with Crippen LogP contribution in [0.25, 0.3) is 0 Å². The first-order valence-electron chi connectivity index (χ1n) is 8.58. The number of benzene rings is 2. The second-order valence-corrected chi connectivity index (χ2v) is 6.46. The molecule has 0 bridgehead atoms. The Morgan fingerprint density at radius 2 is 2.11 bits per heavy atom. The number of halogens is 1. The Kier molecular flexibility index (Phi) is 4.73. The monoisotopic (exact) mass is 384 g/mol. The van der Waals surface area contributed by atoms with Crippen molar-refractivity contribution < 1.29 is 18.7 Å². The van der Waals surface area contributed by atoms with Crippen LogP contribution in [0.15, 0.2) is 53.1 Å². The average Bonchev–Trinajstić information content (AvgIpc) is 3.06. The van der Waals surface area contributed by atoms with E-state index in [-0.39, 0.29) is 18.3 Å². The number of oxazole rings is 1. The third-order valence-electron chi connectivity index (χ3n) is 4.20. The lowest BCUT2D eigenvalue weighted by Crippen LogP contribution is -2.13. The molecule has 0 aliphatic carbocycles. The normalized spacial score (nSPS) is 15.0. The van der Waals surface area contributed by atoms with Gasteiger partial charge in [-0.05, 0) is 31.2 Å². The van der Waals surface area contributed by atoms with E-state index in [9.17, 15) is 4.79 Å². The Labute approximate surface area is 161 Å². The van der Waals surface area contributed by atoms with Gasteiger partial charge >= 0.3 is 5.97 Å². The number of para-hydroxylation sites is 1. The molecule has 27 heavy (non-hydrogen) atoms. The van der Waals surface area contributed by atoms with E-state index in [2.05, 4.69) is 10.3 Å². The Balaban J connectivity index is 1.66. The van der Waals surface area contributed by atoms with Crippen LogP contribution in [0.2, 0.25) is 5.02 Å². The molecule has 1 aliphatic rings. The van der Waals surface area contributed by atoms with Gasteiger partial charge in [-0.3, -0.25) is 0 Å². The predicted molar refractivity (Wildman–Crippen MR) is 100 cm³/mol. The molecule has 2 heterocycles. The Hall–Kier alpha value is -2.99. The summed E-state index contributed by atoms with van der Waals surface area (Å²) in [6, 6.07) is 13.0. The lowest BCUT2D eigenvalue weighted by atomic mass is 10.0. The standard InChI is InChI=1S/C20H17ClN2O4/c1-2-25-20(24)16-11-26-19(23-16)10-14-13-5-3-4-6-17(13)27-18-8-7-12(21)9-15(18)22-14/h3-9,11,14,22H,2,10H2,1H3. The van der Waals surface area contributed by atoms with Gasteiger partial charge in [0.15, 0.2) is 17.3 Å². The molecule has 6 nitrogen and oxygen atoms in total. The van der Waals surface area contributed by atoms with Crippen molar-refractivity contribution in [3.63, 3.8) is 0 Å². The highest BCUT2D eigenvalue weighted by molar-refractivity contribution is 6.30. The highest BCUT2D eigenvalue weighted by Gasteiger charge is 2.25. The van der Waals surface area contributed by atoms with Gasteiger partial charge in [-0.15, -0.1) is 0 Å². The van der Waals surface area contributed by atoms with E-state index >= 15 is 0 Å². The summed E-state index contributed by atoms with van der Waals surface area (Å²) in [6.45, 7) is 2.03. The number of anilines is 1. The Bertz CT molecular complexity index is 986. The number of aromatic nitrogens is 1. The van der Waals surface area contributed by atoms with Crippen molar-refractivity contribution in [1.29, 1.82) is 0 Å². The zero-order chi connectivity index (χ0) is 18.8. The number of carbonyl (C=O) groups is 1. The quantitative estimate of drug-likeness (QED) is 0.637. The molecule has 1 atom stereocenters. The number of carbonyl (C=O) groups excluding carboxylic acids is 1. The number of rotatable bonds is 4. The van der Waals surface area contributed by atoms with Crippen LogP contribution in [0.1, 0.15) is 34.9 Å². The fourth-order valence-electron chi connectivity index (χ4n) is 2.99. The van der Waals surface area contributed by atoms with Crippen LogP contribution in [0, 0.1) is 0 Å². The van der Waals surface area contributed by atoms with Crippen molar-refractivity contribution in [3.8, 4) is 11.5 Å². The summed E-state index contributed by atoms with van der Waals surface area (Å²) in [5.74, 6) is 1.36. The number of hydrogen-bond acceptors (Lipinski definition) is 6. The van der Waals surface area contributed by atoms with Crippen molar-refractivity contribution in [2.24, 2.45) is 0 Å². The minimum Gasteiger partial charge on any atom is -0.461 e. The van der Waals surface area contributed by atoms with Crippen LogP contribution in [0.3, 0.4) is 0 Å². The van der Waals surface area contributed by atoms with Gasteiger partial charge in [0.2, 0.25) is 0 Å². The molecular formula is C20H17ClN2O4. The van der Waals surface area contributed by atoms with E-state index < -0.39 is 5.97 Å². The van der Waals surface area contributed by atoms with Crippen molar-refractivity contribution in [3.05, 3.63) is 70.9 Å². The summed E-state index contributed by atoms with van der Waals surface area (Å²) in [7, 11) is 0. The smallest absolute Gasteiger partial charge is 0.360 e. The van der Waals surface area contributed by atoms with E-state index in [0.717, 1.165) is 17.0 Å². The third-order valence-corrected chi connectivity index (χ3v) is 4.44. The molecule has 3 aromatic rings. The van der Waals surface area contributed by atoms with Crippen molar-refractivity contribution in [1.82, 2.24) is 4.98 Å². The lowest BCUT2D eigenvalue weighted by molar-refractivity contribution is 0.0519. The van der Waals surface area contributed by atoms with Crippen LogP contribution >= 0.6 is 11.6 Å². The van der Waals surface area contributed by atoms with Gasteiger partial charge in [-0.2, -0.15) is 0 Å². The molecule has 0 saturated heterocycles. The number of esters is 1. The minimum atomic E-state index is -0.498. The van der Waals surface area contributed by atoms with Gasteiger partial charge in [0.25, 0.3) is 0 Å². The molecule has 1 N–H and O–H groups in total. The maximum atomic E-state index is 11.8. The van der Waals surface area contributed by atoms with E-state index in [1.165, 1.54) is 6.26 Å². The molecule has 0 radical (unpaired) electrons. The van der Waals surface area contributed by atoms with Gasteiger partial charge in [0.1, 0.15) is 12.0 Å². The summed E-state index contributed by atoms with van der Waals surface area (Å²) in [5.41, 5.74) is 1.90. The molecular weight excluding hydrogens is 368 g/mol. The predicted octanol–water partition coefficient (Wildman–Crippen LogP) is 5.01. The van der Waals surface area contributed by atoms with Gasteiger partial charge in [0, 0.05) is 17.0 Å². The summed E-state index contributed by atoms with van der Waals surface area (Å²) >= 11 is 6.14. The van der Waals surface area contributed by atoms with Crippen molar-refractivity contribution in [2.45, 2.75) is 19.4 Å². The van der Waals surface area contributed by atoms with Crippen LogP contribution in [-0.2, 0) is 11.2 Å². The molecule has 4 rings (SSSR count). The first-order valence-corrected chi connectivity index (χ1v) is 8.96. The van der Waals surface area contributed by atoms with Crippen LogP contribution in [-0.4, -0.2) is 17.6 Å². The largest absolute Gasteiger partial charge is 0.461 e. The van der Waals surface area contributed by atoms with E-state index in [1.54, 1.807) is 13.0 Å². The molecule has 138 valence electrons. The molecule has 0 amide bonds. The zero-order valence-electron chi connectivity index (χ0n) is 14.6. The van der Waals surface area contributed by atoms with Crippen LogP contribution in [0.5, 0.6) is 11.5 Å². The molecule has 0 saturated carbocycles. The van der Waals surface area contributed by atoms with E-state index in [1.807, 2.05) is 36.4 Å². The molecule has 2 aromatic carbocycles. The highest BCUT2D eigenvalue weighted by Crippen LogP contribution is 2.41. The maximum absolute atomic E-state index is 11.8. The Morgan fingerprint density at radius 3 is 2.96 bits per heavy atom. The first-order chi connectivity index (χ1) is 13.1. The van der Waals surface area contributed by atoms with Gasteiger partial charge in [-0.1, -0.05) is 29.8 Å². The Morgan fingerprint density at radius 1 is 1.26 bits per heavy atom. The average molecular weight is 385 g/mol. The number of nitrogens with zero attached hydrogens (tertiary/aromatic N) is 1. The number of hydrogen-bond donors (Lipinski definition) is 1. The number of fused-ring (bicyclic) bond motifs is 2. The summed E-state index contributed by atoms with van der Waals surface area (Å²) in [4.78, 5) is 16.1. The fraction of sp³-hybridized carbons (Fsp3) is 0.200. The van der Waals surface area contributed by atoms with Gasteiger partial charge in [-0.25, -0.2) is 9.78 Å². The van der Waals surface area contributed by atoms with Crippen molar-refractivity contribution >= 4 is 23.3 Å². The molecule has 1 aliphatic heterocycles. The van der Waals surface area contributed by atoms with E-state index in [4.69, 9.17) is 25.5 Å². The fourth-order valence-corrected chi connectivity index (χ4v) is 3.16. The molecule has 0 fully saturated rings. The maximum Gasteiger partial charge on any atom is 0.360 e. The topological polar surface area (TPSA) is 73.6 Å². The summed E-state index contributed by atoms with van der Waals surface area (Å²) < 4.78 is 16.5. The second kappa shape index (κ2) is 7.32. The molecule has 1 aromatic heterocycles. The SMILES string of the molecule is CCOC(=O)c1coc(CC2Nc3cc(Cl)ccc3Oc3ccccc32)n1. The first kappa shape index (κ1) is 17.4. The summed E-state index contributed by atoms with van der Waals surface area (Å²) in [6.07, 6.45) is 1.74. The highest BCUT2D eigenvalue weighted by atomic mass is 35.5. The molecule has 1 unspecified atom stereocenters. The third kappa shape index (κ3) is 3.61.